The molecule has 1 heterocycles. The second kappa shape index (κ2) is 9.85. The number of benzene rings is 2. The molecule has 9 heteroatoms. The zero-order valence-electron chi connectivity index (χ0n) is 16.2. The molecule has 0 saturated carbocycles. The van der Waals surface area contributed by atoms with Gasteiger partial charge in [0, 0.05) is 26.2 Å². The molecule has 0 aliphatic carbocycles. The maximum Gasteiger partial charge on any atom is 0.319 e. The van der Waals surface area contributed by atoms with E-state index in [1.165, 1.54) is 19.2 Å². The van der Waals surface area contributed by atoms with Crippen LogP contribution in [0.5, 0.6) is 5.75 Å². The van der Waals surface area contributed by atoms with Gasteiger partial charge in [-0.05, 0) is 23.3 Å². The van der Waals surface area contributed by atoms with Crippen LogP contribution in [0.2, 0.25) is 0 Å². The van der Waals surface area contributed by atoms with Gasteiger partial charge in [-0.1, -0.05) is 24.3 Å². The quantitative estimate of drug-likeness (QED) is 0.547. The maximum absolute atomic E-state index is 12.3. The zero-order chi connectivity index (χ0) is 20.6. The number of amides is 2. The van der Waals surface area contributed by atoms with Crippen molar-refractivity contribution in [2.45, 2.75) is 13.1 Å². The Morgan fingerprint density at radius 1 is 1.21 bits per heavy atom. The molecule has 9 nitrogen and oxygen atoms in total. The van der Waals surface area contributed by atoms with Crippen molar-refractivity contribution in [2.75, 3.05) is 38.7 Å². The number of nitrogens with zero attached hydrogens (tertiary/aromatic N) is 2. The number of ether oxygens (including phenoxy) is 2. The maximum atomic E-state index is 12.3. The van der Waals surface area contributed by atoms with Gasteiger partial charge in [0.1, 0.15) is 11.4 Å². The van der Waals surface area contributed by atoms with Gasteiger partial charge in [0.25, 0.3) is 5.69 Å². The summed E-state index contributed by atoms with van der Waals surface area (Å²) < 4.78 is 10.4. The van der Waals surface area contributed by atoms with Crippen LogP contribution in [0, 0.1) is 10.1 Å². The number of methoxy groups -OCH3 is 1. The Balaban J connectivity index is 1.62. The van der Waals surface area contributed by atoms with Gasteiger partial charge in [-0.2, -0.15) is 0 Å². The average molecular weight is 400 g/mol. The molecule has 0 atom stereocenters. The number of carbonyl (C=O) groups excluding carboxylic acids is 1. The van der Waals surface area contributed by atoms with Crippen molar-refractivity contribution in [3.8, 4) is 5.75 Å². The summed E-state index contributed by atoms with van der Waals surface area (Å²) in [6.07, 6.45) is 0. The molecular weight excluding hydrogens is 376 g/mol. The number of hydrogen-bond acceptors (Lipinski definition) is 6. The molecule has 2 amide bonds. The van der Waals surface area contributed by atoms with Gasteiger partial charge >= 0.3 is 6.03 Å². The Labute approximate surface area is 168 Å². The molecule has 3 rings (SSSR count). The van der Waals surface area contributed by atoms with E-state index < -0.39 is 11.0 Å². The number of morpholine rings is 1. The third-order valence-electron chi connectivity index (χ3n) is 4.71. The van der Waals surface area contributed by atoms with Crippen molar-refractivity contribution in [1.29, 1.82) is 0 Å². The first-order valence-electron chi connectivity index (χ1n) is 9.31. The van der Waals surface area contributed by atoms with Gasteiger partial charge in [-0.15, -0.1) is 0 Å². The molecule has 0 spiro atoms. The van der Waals surface area contributed by atoms with Gasteiger partial charge < -0.3 is 20.1 Å². The molecule has 154 valence electrons. The highest BCUT2D eigenvalue weighted by molar-refractivity contribution is 5.92. The van der Waals surface area contributed by atoms with Crippen molar-refractivity contribution >= 4 is 17.4 Å². The zero-order valence-corrected chi connectivity index (χ0v) is 16.2. The molecule has 1 saturated heterocycles. The van der Waals surface area contributed by atoms with Crippen molar-refractivity contribution in [3.05, 3.63) is 63.7 Å². The number of urea groups is 1. The Morgan fingerprint density at radius 2 is 1.93 bits per heavy atom. The first-order chi connectivity index (χ1) is 14.1. The van der Waals surface area contributed by atoms with Gasteiger partial charge in [-0.3, -0.25) is 15.0 Å². The monoisotopic (exact) mass is 400 g/mol. The number of carbonyl (C=O) groups is 1. The fourth-order valence-corrected chi connectivity index (χ4v) is 3.12. The topological polar surface area (TPSA) is 106 Å². The minimum absolute atomic E-state index is 0.106. The van der Waals surface area contributed by atoms with E-state index in [4.69, 9.17) is 9.47 Å². The predicted molar refractivity (Wildman–Crippen MR) is 108 cm³/mol. The van der Waals surface area contributed by atoms with Crippen molar-refractivity contribution in [1.82, 2.24) is 10.2 Å². The lowest BCUT2D eigenvalue weighted by atomic mass is 10.1. The summed E-state index contributed by atoms with van der Waals surface area (Å²) in [7, 11) is 1.42. The van der Waals surface area contributed by atoms with E-state index in [2.05, 4.69) is 15.5 Å². The lowest BCUT2D eigenvalue weighted by Gasteiger charge is -2.27. The molecular formula is C20H24N4O5. The third-order valence-corrected chi connectivity index (χ3v) is 4.71. The predicted octanol–water partition coefficient (Wildman–Crippen LogP) is 2.76. The molecule has 1 aliphatic heterocycles. The molecule has 2 aromatic rings. The van der Waals surface area contributed by atoms with E-state index >= 15 is 0 Å². The van der Waals surface area contributed by atoms with Gasteiger partial charge in [-0.25, -0.2) is 4.79 Å². The van der Waals surface area contributed by atoms with E-state index in [0.29, 0.717) is 12.3 Å². The van der Waals surface area contributed by atoms with Crippen LogP contribution in [0.3, 0.4) is 0 Å². The van der Waals surface area contributed by atoms with E-state index in [-0.39, 0.29) is 11.4 Å². The molecule has 29 heavy (non-hydrogen) atoms. The van der Waals surface area contributed by atoms with E-state index in [1.807, 2.05) is 24.3 Å². The number of anilines is 1. The summed E-state index contributed by atoms with van der Waals surface area (Å²) >= 11 is 0. The summed E-state index contributed by atoms with van der Waals surface area (Å²) in [5.41, 5.74) is 2.01. The standard InChI is InChI=1S/C20H24N4O5/c1-28-17-6-7-18(19(12-17)24(26)27)22-20(25)21-13-15-4-2-3-5-16(15)14-23-8-10-29-11-9-23/h2-7,12H,8-11,13-14H2,1H3,(H2,21,22,25). The van der Waals surface area contributed by atoms with Crippen molar-refractivity contribution in [2.24, 2.45) is 0 Å². The lowest BCUT2D eigenvalue weighted by molar-refractivity contribution is -0.384. The van der Waals surface area contributed by atoms with Crippen LogP contribution in [0.15, 0.2) is 42.5 Å². The number of hydrogen-bond donors (Lipinski definition) is 2. The number of nitro benzene ring substituents is 1. The molecule has 1 aliphatic rings. The second-order valence-electron chi connectivity index (χ2n) is 6.61. The molecule has 0 aromatic heterocycles. The van der Waals surface area contributed by atoms with E-state index in [1.54, 1.807) is 6.07 Å². The largest absolute Gasteiger partial charge is 0.496 e. The number of rotatable bonds is 7. The van der Waals surface area contributed by atoms with Crippen LogP contribution >= 0.6 is 0 Å². The van der Waals surface area contributed by atoms with Crippen LogP contribution in [0.4, 0.5) is 16.2 Å². The lowest BCUT2D eigenvalue weighted by Crippen LogP contribution is -2.36. The number of nitro groups is 1. The average Bonchev–Trinajstić information content (AvgIpc) is 2.74. The summed E-state index contributed by atoms with van der Waals surface area (Å²) in [6.45, 7) is 4.31. The summed E-state index contributed by atoms with van der Waals surface area (Å²) in [5, 5.41) is 16.6. The van der Waals surface area contributed by atoms with Crippen LogP contribution in [0.25, 0.3) is 0 Å². The van der Waals surface area contributed by atoms with E-state index in [0.717, 1.165) is 44.0 Å². The van der Waals surface area contributed by atoms with Crippen molar-refractivity contribution in [3.63, 3.8) is 0 Å². The van der Waals surface area contributed by atoms with Crippen LogP contribution in [-0.2, 0) is 17.8 Å². The smallest absolute Gasteiger partial charge is 0.319 e. The summed E-state index contributed by atoms with van der Waals surface area (Å²) in [6, 6.07) is 11.7. The molecule has 2 aromatic carbocycles. The molecule has 1 fully saturated rings. The summed E-state index contributed by atoms with van der Waals surface area (Å²) in [4.78, 5) is 25.3. The first kappa shape index (κ1) is 20.6. The fraction of sp³-hybridized carbons (Fsp3) is 0.350. The number of nitrogens with one attached hydrogen (secondary N) is 2. The Hall–Kier alpha value is -3.17. The van der Waals surface area contributed by atoms with Crippen LogP contribution in [0.1, 0.15) is 11.1 Å². The fourth-order valence-electron chi connectivity index (χ4n) is 3.12. The minimum atomic E-state index is -0.560. The highest BCUT2D eigenvalue weighted by Gasteiger charge is 2.18. The van der Waals surface area contributed by atoms with Crippen LogP contribution < -0.4 is 15.4 Å². The highest BCUT2D eigenvalue weighted by Crippen LogP contribution is 2.28. The molecule has 0 bridgehead atoms. The Bertz CT molecular complexity index is 868. The van der Waals surface area contributed by atoms with Gasteiger partial charge in [0.05, 0.1) is 31.3 Å². The van der Waals surface area contributed by atoms with E-state index in [9.17, 15) is 14.9 Å². The van der Waals surface area contributed by atoms with Gasteiger partial charge in [0.2, 0.25) is 0 Å². The molecule has 0 radical (unpaired) electrons. The Kier molecular flexibility index (Phi) is 6.99. The van der Waals surface area contributed by atoms with Crippen molar-refractivity contribution < 1.29 is 19.2 Å². The summed E-state index contributed by atoms with van der Waals surface area (Å²) in [5.74, 6) is 0.347. The first-order valence-corrected chi connectivity index (χ1v) is 9.31. The Morgan fingerprint density at radius 3 is 2.62 bits per heavy atom. The molecule has 2 N–H and O–H groups in total. The molecule has 0 unspecified atom stereocenters. The minimum Gasteiger partial charge on any atom is -0.496 e. The third kappa shape index (κ3) is 5.66. The van der Waals surface area contributed by atoms with Crippen LogP contribution in [-0.4, -0.2) is 49.3 Å². The normalized spacial score (nSPS) is 14.2. The second-order valence-corrected chi connectivity index (χ2v) is 6.61. The van der Waals surface area contributed by atoms with Gasteiger partial charge in [0.15, 0.2) is 0 Å². The highest BCUT2D eigenvalue weighted by atomic mass is 16.6. The SMILES string of the molecule is COc1ccc(NC(=O)NCc2ccccc2CN2CCOCC2)c([N+](=O)[O-])c1.